The van der Waals surface area contributed by atoms with Crippen LogP contribution in [0.15, 0.2) is 28.8 Å². The van der Waals surface area contributed by atoms with E-state index in [1.165, 1.54) is 12.3 Å². The van der Waals surface area contributed by atoms with E-state index in [1.807, 2.05) is 11.8 Å². The van der Waals surface area contributed by atoms with Gasteiger partial charge >= 0.3 is 0 Å². The summed E-state index contributed by atoms with van der Waals surface area (Å²) in [6, 6.07) is 3.43. The van der Waals surface area contributed by atoms with Crippen LogP contribution in [0.3, 0.4) is 0 Å². The third-order valence-electron chi connectivity index (χ3n) is 4.94. The maximum atomic E-state index is 13.8. The molecule has 5 nitrogen and oxygen atoms in total. The molecule has 1 aliphatic rings. The number of carbonyl (C=O) groups is 1. The first-order valence-electron chi connectivity index (χ1n) is 8.87. The van der Waals surface area contributed by atoms with Gasteiger partial charge in [-0.3, -0.25) is 4.79 Å². The molecule has 2 N–H and O–H groups in total. The van der Waals surface area contributed by atoms with Crippen molar-refractivity contribution in [1.82, 2.24) is 9.88 Å². The Bertz CT molecular complexity index is 768. The number of rotatable bonds is 5. The fourth-order valence-corrected chi connectivity index (χ4v) is 3.29. The third-order valence-corrected chi connectivity index (χ3v) is 4.94. The zero-order valence-corrected chi connectivity index (χ0v) is 14.8. The van der Waals surface area contributed by atoms with Gasteiger partial charge in [-0.25, -0.2) is 13.8 Å². The SMILES string of the molecule is CC(N)C1CCN(C(=O)CCc2ncc(-c3ccc(F)cc3F)o2)CC1. The quantitative estimate of drug-likeness (QED) is 0.886. The van der Waals surface area contributed by atoms with Gasteiger partial charge in [0.05, 0.1) is 11.8 Å². The standard InChI is InChI=1S/C19H23F2N3O2/c1-12(22)13-6-8-24(9-7-13)19(25)5-4-18-23-11-17(26-18)15-3-2-14(20)10-16(15)21/h2-3,10-13H,4-9,22H2,1H3. The van der Waals surface area contributed by atoms with E-state index in [-0.39, 0.29) is 29.7 Å². The maximum absolute atomic E-state index is 13.8. The lowest BCUT2D eigenvalue weighted by atomic mass is 9.91. The Morgan fingerprint density at radius 1 is 1.38 bits per heavy atom. The lowest BCUT2D eigenvalue weighted by molar-refractivity contribution is -0.132. The Morgan fingerprint density at radius 3 is 2.77 bits per heavy atom. The monoisotopic (exact) mass is 363 g/mol. The van der Waals surface area contributed by atoms with Crippen molar-refractivity contribution in [3.8, 4) is 11.3 Å². The van der Waals surface area contributed by atoms with Crippen LogP contribution in [0.2, 0.25) is 0 Å². The van der Waals surface area contributed by atoms with Crippen LogP contribution < -0.4 is 5.73 Å². The summed E-state index contributed by atoms with van der Waals surface area (Å²) in [7, 11) is 0. The number of piperidine rings is 1. The molecule has 1 amide bonds. The minimum Gasteiger partial charge on any atom is -0.441 e. The topological polar surface area (TPSA) is 72.4 Å². The van der Waals surface area contributed by atoms with Crippen LogP contribution in [0.5, 0.6) is 0 Å². The number of nitrogens with zero attached hydrogens (tertiary/aromatic N) is 2. The van der Waals surface area contributed by atoms with Gasteiger partial charge in [0.2, 0.25) is 5.91 Å². The summed E-state index contributed by atoms with van der Waals surface area (Å²) < 4.78 is 32.3. The predicted octanol–water partition coefficient (Wildman–Crippen LogP) is 3.14. The number of likely N-dealkylation sites (tertiary alicyclic amines) is 1. The van der Waals surface area contributed by atoms with Crippen molar-refractivity contribution in [3.63, 3.8) is 0 Å². The first kappa shape index (κ1) is 18.5. The van der Waals surface area contributed by atoms with Gasteiger partial charge in [0, 0.05) is 38.0 Å². The van der Waals surface area contributed by atoms with Gasteiger partial charge in [-0.1, -0.05) is 0 Å². The van der Waals surface area contributed by atoms with Crippen LogP contribution in [0, 0.1) is 17.6 Å². The van der Waals surface area contributed by atoms with Crippen molar-refractivity contribution in [1.29, 1.82) is 0 Å². The largest absolute Gasteiger partial charge is 0.441 e. The fourth-order valence-electron chi connectivity index (χ4n) is 3.29. The van der Waals surface area contributed by atoms with E-state index in [4.69, 9.17) is 10.2 Å². The Balaban J connectivity index is 1.54. The van der Waals surface area contributed by atoms with E-state index in [1.54, 1.807) is 0 Å². The van der Waals surface area contributed by atoms with Crippen molar-refractivity contribution in [2.75, 3.05) is 13.1 Å². The minimum atomic E-state index is -0.708. The van der Waals surface area contributed by atoms with Crippen molar-refractivity contribution in [2.45, 2.75) is 38.6 Å². The van der Waals surface area contributed by atoms with E-state index in [0.717, 1.165) is 38.1 Å². The summed E-state index contributed by atoms with van der Waals surface area (Å²) in [4.78, 5) is 18.3. The Labute approximate surface area is 151 Å². The average molecular weight is 363 g/mol. The highest BCUT2D eigenvalue weighted by atomic mass is 19.1. The number of aromatic nitrogens is 1. The Kier molecular flexibility index (Phi) is 5.66. The number of aryl methyl sites for hydroxylation is 1. The molecule has 1 aromatic carbocycles. The average Bonchev–Trinajstić information content (AvgIpc) is 3.08. The number of benzene rings is 1. The number of nitrogens with two attached hydrogens (primary N) is 1. The number of halogens is 2. The summed E-state index contributed by atoms with van der Waals surface area (Å²) in [6.07, 6.45) is 3.88. The second-order valence-corrected chi connectivity index (χ2v) is 6.82. The minimum absolute atomic E-state index is 0.0563. The van der Waals surface area contributed by atoms with Crippen LogP contribution in [0.4, 0.5) is 8.78 Å². The molecule has 1 atom stereocenters. The Morgan fingerprint density at radius 2 is 2.12 bits per heavy atom. The second kappa shape index (κ2) is 7.95. The first-order chi connectivity index (χ1) is 12.4. The van der Waals surface area contributed by atoms with E-state index in [9.17, 15) is 13.6 Å². The van der Waals surface area contributed by atoms with E-state index in [2.05, 4.69) is 4.98 Å². The van der Waals surface area contributed by atoms with Gasteiger partial charge in [0.1, 0.15) is 11.6 Å². The molecule has 7 heteroatoms. The molecule has 1 fully saturated rings. The van der Waals surface area contributed by atoms with Gasteiger partial charge in [-0.05, 0) is 37.8 Å². The zero-order chi connectivity index (χ0) is 18.7. The summed E-state index contributed by atoms with van der Waals surface area (Å²) >= 11 is 0. The molecule has 0 saturated carbocycles. The van der Waals surface area contributed by atoms with Crippen LogP contribution in [0.1, 0.15) is 32.1 Å². The summed E-state index contributed by atoms with van der Waals surface area (Å²) in [5.74, 6) is -0.241. The number of hydrogen-bond acceptors (Lipinski definition) is 4. The van der Waals surface area contributed by atoms with Crippen LogP contribution in [-0.2, 0) is 11.2 Å². The molecule has 1 aromatic heterocycles. The van der Waals surface area contributed by atoms with Crippen LogP contribution in [0.25, 0.3) is 11.3 Å². The van der Waals surface area contributed by atoms with Gasteiger partial charge in [0.25, 0.3) is 0 Å². The number of carbonyl (C=O) groups excluding carboxylic acids is 1. The van der Waals surface area contributed by atoms with E-state index in [0.29, 0.717) is 18.2 Å². The van der Waals surface area contributed by atoms with Crippen molar-refractivity contribution < 1.29 is 18.0 Å². The number of hydrogen-bond donors (Lipinski definition) is 1. The summed E-state index contributed by atoms with van der Waals surface area (Å²) in [5, 5.41) is 0. The van der Waals surface area contributed by atoms with Gasteiger partial charge < -0.3 is 15.1 Å². The molecular weight excluding hydrogens is 340 g/mol. The highest BCUT2D eigenvalue weighted by molar-refractivity contribution is 5.76. The molecule has 0 bridgehead atoms. The second-order valence-electron chi connectivity index (χ2n) is 6.82. The van der Waals surface area contributed by atoms with Crippen molar-refractivity contribution >= 4 is 5.91 Å². The highest BCUT2D eigenvalue weighted by Crippen LogP contribution is 2.25. The summed E-state index contributed by atoms with van der Waals surface area (Å²) in [6.45, 7) is 3.46. The fraction of sp³-hybridized carbons (Fsp3) is 0.474. The molecule has 2 heterocycles. The third kappa shape index (κ3) is 4.27. The van der Waals surface area contributed by atoms with E-state index < -0.39 is 11.6 Å². The molecule has 0 radical (unpaired) electrons. The maximum Gasteiger partial charge on any atom is 0.223 e. The summed E-state index contributed by atoms with van der Waals surface area (Å²) in [5.41, 5.74) is 6.07. The highest BCUT2D eigenvalue weighted by Gasteiger charge is 2.24. The first-order valence-corrected chi connectivity index (χ1v) is 8.87. The van der Waals surface area contributed by atoms with Crippen LogP contribution in [-0.4, -0.2) is 34.9 Å². The molecule has 0 aliphatic carbocycles. The van der Waals surface area contributed by atoms with E-state index >= 15 is 0 Å². The lowest BCUT2D eigenvalue weighted by Crippen LogP contribution is -2.42. The van der Waals surface area contributed by atoms with Crippen molar-refractivity contribution in [3.05, 3.63) is 41.9 Å². The Hall–Kier alpha value is -2.28. The molecule has 26 heavy (non-hydrogen) atoms. The van der Waals surface area contributed by atoms with Gasteiger partial charge in [-0.15, -0.1) is 0 Å². The number of oxazole rings is 1. The molecule has 1 aliphatic heterocycles. The van der Waals surface area contributed by atoms with Gasteiger partial charge in [0.15, 0.2) is 11.7 Å². The molecule has 2 aromatic rings. The van der Waals surface area contributed by atoms with Crippen LogP contribution >= 0.6 is 0 Å². The van der Waals surface area contributed by atoms with Crippen molar-refractivity contribution in [2.24, 2.45) is 11.7 Å². The molecule has 1 saturated heterocycles. The molecule has 140 valence electrons. The zero-order valence-electron chi connectivity index (χ0n) is 14.8. The molecule has 3 rings (SSSR count). The molecule has 1 unspecified atom stereocenters. The predicted molar refractivity (Wildman–Crippen MR) is 93.1 cm³/mol. The smallest absolute Gasteiger partial charge is 0.223 e. The molecule has 0 spiro atoms. The normalized spacial score (nSPS) is 16.7. The molecular formula is C19H23F2N3O2. The van der Waals surface area contributed by atoms with Gasteiger partial charge in [-0.2, -0.15) is 0 Å². The lowest BCUT2D eigenvalue weighted by Gasteiger charge is -2.33. The number of amides is 1.